The highest BCUT2D eigenvalue weighted by Crippen LogP contribution is 2.63. The fourth-order valence-electron chi connectivity index (χ4n) is 9.88. The maximum atomic E-state index is 5.33. The zero-order chi connectivity index (χ0) is 40.3. The number of hydrogen-bond acceptors (Lipinski definition) is 4. The molecule has 0 saturated heterocycles. The first-order chi connectivity index (χ1) is 30.2. The normalized spacial score (nSPS) is 15.2. The molecule has 0 radical (unpaired) electrons. The van der Waals surface area contributed by atoms with Crippen LogP contribution in [-0.2, 0) is 5.41 Å². The zero-order valence-corrected chi connectivity index (χ0v) is 33.2. The van der Waals surface area contributed by atoms with Crippen molar-refractivity contribution in [3.63, 3.8) is 0 Å². The molecule has 0 amide bonds. The van der Waals surface area contributed by atoms with Gasteiger partial charge < -0.3 is 5.32 Å². The fraction of sp³-hybridized carbons (Fsp3) is 0.0351. The molecule has 4 heteroatoms. The van der Waals surface area contributed by atoms with Crippen LogP contribution in [0, 0.1) is 0 Å². The van der Waals surface area contributed by atoms with Crippen LogP contribution in [0.25, 0.3) is 55.8 Å². The van der Waals surface area contributed by atoms with Crippen molar-refractivity contribution < 1.29 is 0 Å². The molecule has 1 aliphatic heterocycles. The molecule has 8 aromatic carbocycles. The van der Waals surface area contributed by atoms with Gasteiger partial charge in [-0.1, -0.05) is 170 Å². The predicted octanol–water partition coefficient (Wildman–Crippen LogP) is 12.9. The molecule has 3 aliphatic rings. The van der Waals surface area contributed by atoms with Crippen LogP contribution in [0.4, 0.5) is 0 Å². The van der Waals surface area contributed by atoms with E-state index in [2.05, 4.69) is 198 Å². The average molecular weight is 779 g/mol. The van der Waals surface area contributed by atoms with E-state index in [0.29, 0.717) is 5.84 Å². The summed E-state index contributed by atoms with van der Waals surface area (Å²) in [6.45, 7) is 0. The minimum Gasteiger partial charge on any atom is -0.344 e. The fourth-order valence-corrected chi connectivity index (χ4v) is 9.88. The Hall–Kier alpha value is -7.95. The SMILES string of the molecule is c1ccc(C2=NC(c3cc(-c4cccc(-c5ccccn5)c4)cc(-c4ccc5c(c4)C4(c6ccccc6-c6ccccc64)c4ccccc4-5)c3)=NC(c3ccccc3)N2)cc1. The number of aliphatic imine (C=N–C) groups is 2. The monoisotopic (exact) mass is 778 g/mol. The van der Waals surface area contributed by atoms with E-state index in [1.807, 2.05) is 30.5 Å². The number of rotatable bonds is 6. The van der Waals surface area contributed by atoms with Gasteiger partial charge in [0, 0.05) is 22.9 Å². The van der Waals surface area contributed by atoms with Gasteiger partial charge >= 0.3 is 0 Å². The smallest absolute Gasteiger partial charge is 0.159 e. The van der Waals surface area contributed by atoms with Crippen molar-refractivity contribution >= 4 is 11.7 Å². The largest absolute Gasteiger partial charge is 0.344 e. The molecule has 61 heavy (non-hydrogen) atoms. The molecule has 4 nitrogen and oxygen atoms in total. The summed E-state index contributed by atoms with van der Waals surface area (Å²) >= 11 is 0. The molecule has 1 N–H and O–H groups in total. The lowest BCUT2D eigenvalue weighted by Gasteiger charge is -2.30. The van der Waals surface area contributed by atoms with Gasteiger partial charge in [-0.05, 0) is 115 Å². The van der Waals surface area contributed by atoms with Crippen LogP contribution in [0.5, 0.6) is 0 Å². The van der Waals surface area contributed by atoms with Gasteiger partial charge in [-0.2, -0.15) is 0 Å². The number of benzene rings is 8. The van der Waals surface area contributed by atoms with E-state index < -0.39 is 5.41 Å². The molecule has 1 unspecified atom stereocenters. The lowest BCUT2D eigenvalue weighted by molar-refractivity contribution is 0.674. The van der Waals surface area contributed by atoms with Crippen molar-refractivity contribution in [2.24, 2.45) is 9.98 Å². The number of aromatic nitrogens is 1. The number of fused-ring (bicyclic) bond motifs is 10. The molecule has 1 spiro atoms. The summed E-state index contributed by atoms with van der Waals surface area (Å²) in [7, 11) is 0. The van der Waals surface area contributed by atoms with Gasteiger partial charge in [0.1, 0.15) is 12.0 Å². The maximum absolute atomic E-state index is 5.33. The topological polar surface area (TPSA) is 49.6 Å². The molecule has 9 aromatic rings. The first kappa shape index (κ1) is 35.0. The average Bonchev–Trinajstić information content (AvgIpc) is 3.82. The van der Waals surface area contributed by atoms with E-state index in [-0.39, 0.29) is 6.17 Å². The highest BCUT2D eigenvalue weighted by molar-refractivity contribution is 6.13. The van der Waals surface area contributed by atoms with Gasteiger partial charge in [-0.15, -0.1) is 0 Å². The van der Waals surface area contributed by atoms with E-state index in [9.17, 15) is 0 Å². The van der Waals surface area contributed by atoms with Gasteiger partial charge in [-0.3, -0.25) is 4.98 Å². The van der Waals surface area contributed by atoms with Gasteiger partial charge in [0.05, 0.1) is 11.1 Å². The van der Waals surface area contributed by atoms with Gasteiger partial charge in [0.2, 0.25) is 0 Å². The first-order valence-electron chi connectivity index (χ1n) is 20.9. The van der Waals surface area contributed by atoms with Crippen LogP contribution < -0.4 is 5.32 Å². The van der Waals surface area contributed by atoms with Crippen LogP contribution in [0.15, 0.2) is 229 Å². The Morgan fingerprint density at radius 3 is 1.56 bits per heavy atom. The van der Waals surface area contributed by atoms with E-state index in [1.165, 1.54) is 44.5 Å². The zero-order valence-electron chi connectivity index (χ0n) is 33.2. The second kappa shape index (κ2) is 14.1. The van der Waals surface area contributed by atoms with Crippen LogP contribution in [0.3, 0.4) is 0 Å². The van der Waals surface area contributed by atoms with E-state index in [1.54, 1.807) is 0 Å². The third-order valence-electron chi connectivity index (χ3n) is 12.6. The molecule has 1 atom stereocenters. The van der Waals surface area contributed by atoms with Crippen molar-refractivity contribution in [3.05, 3.63) is 257 Å². The molecule has 286 valence electrons. The summed E-state index contributed by atoms with van der Waals surface area (Å²) in [5.74, 6) is 1.47. The highest BCUT2D eigenvalue weighted by Gasteiger charge is 2.51. The second-order valence-electron chi connectivity index (χ2n) is 16.0. The summed E-state index contributed by atoms with van der Waals surface area (Å²) in [6.07, 6.45) is 1.53. The maximum Gasteiger partial charge on any atom is 0.159 e. The van der Waals surface area contributed by atoms with Gasteiger partial charge in [0.25, 0.3) is 0 Å². The Kier molecular flexibility index (Phi) is 8.10. The predicted molar refractivity (Wildman–Crippen MR) is 249 cm³/mol. The van der Waals surface area contributed by atoms with Crippen LogP contribution in [0.2, 0.25) is 0 Å². The Labute approximate surface area is 355 Å². The summed E-state index contributed by atoms with van der Waals surface area (Å²) in [6, 6.07) is 76.4. The molecule has 12 rings (SSSR count). The minimum absolute atomic E-state index is 0.315. The Balaban J connectivity index is 1.09. The van der Waals surface area contributed by atoms with Crippen LogP contribution in [0.1, 0.15) is 45.1 Å². The number of hydrogen-bond donors (Lipinski definition) is 1. The Morgan fingerprint density at radius 2 is 0.902 bits per heavy atom. The number of nitrogens with one attached hydrogen (secondary N) is 1. The second-order valence-corrected chi connectivity index (χ2v) is 16.0. The first-order valence-corrected chi connectivity index (χ1v) is 20.9. The minimum atomic E-state index is -0.441. The van der Waals surface area contributed by atoms with E-state index in [4.69, 9.17) is 9.98 Å². The third-order valence-corrected chi connectivity index (χ3v) is 12.6. The summed E-state index contributed by atoms with van der Waals surface area (Å²) in [5.41, 5.74) is 19.5. The van der Waals surface area contributed by atoms with Crippen molar-refractivity contribution in [3.8, 4) is 55.8 Å². The molecule has 1 aromatic heterocycles. The number of pyridine rings is 1. The molecule has 2 aliphatic carbocycles. The highest BCUT2D eigenvalue weighted by atomic mass is 15.2. The van der Waals surface area contributed by atoms with Crippen LogP contribution in [-0.4, -0.2) is 16.7 Å². The molecule has 0 bridgehead atoms. The summed E-state index contributed by atoms with van der Waals surface area (Å²) in [4.78, 5) is 15.3. The van der Waals surface area contributed by atoms with Crippen LogP contribution >= 0.6 is 0 Å². The summed E-state index contributed by atoms with van der Waals surface area (Å²) in [5, 5.41) is 3.64. The number of nitrogens with zero attached hydrogens (tertiary/aromatic N) is 3. The molecular weight excluding hydrogens is 741 g/mol. The van der Waals surface area contributed by atoms with Crippen molar-refractivity contribution in [1.82, 2.24) is 10.3 Å². The van der Waals surface area contributed by atoms with Gasteiger partial charge in [0.15, 0.2) is 5.84 Å². The molecule has 2 heterocycles. The quantitative estimate of drug-likeness (QED) is 0.183. The molecule has 0 saturated carbocycles. The number of amidine groups is 2. The van der Waals surface area contributed by atoms with Crippen molar-refractivity contribution in [2.45, 2.75) is 11.6 Å². The summed E-state index contributed by atoms with van der Waals surface area (Å²) < 4.78 is 0. The van der Waals surface area contributed by atoms with Crippen molar-refractivity contribution in [2.75, 3.05) is 0 Å². The Morgan fingerprint density at radius 1 is 0.377 bits per heavy atom. The van der Waals surface area contributed by atoms with E-state index >= 15 is 0 Å². The molecule has 0 fully saturated rings. The van der Waals surface area contributed by atoms with E-state index in [0.717, 1.165) is 56.0 Å². The lowest BCUT2D eigenvalue weighted by Crippen LogP contribution is -2.33. The Bertz CT molecular complexity index is 3160. The standard InChI is InChI=1S/C57H38N4/c1-3-16-37(17-4-1)54-59-55(38-18-5-2-6-19-38)61-56(60-54)44-34-42(39-20-15-21-41(32-39)53-28-13-14-31-58-53)33-43(35-44)40-29-30-48-47-24-9-12-27-51(47)57(52(48)36-40)49-25-10-7-22-45(49)46-23-8-11-26-50(46)57/h1-36,54H,(H,59,60,61). The molecular formula is C57H38N4. The lowest BCUT2D eigenvalue weighted by atomic mass is 9.70. The van der Waals surface area contributed by atoms with Gasteiger partial charge in [-0.25, -0.2) is 9.98 Å². The van der Waals surface area contributed by atoms with Crippen molar-refractivity contribution in [1.29, 1.82) is 0 Å². The third kappa shape index (κ3) is 5.64.